The number of hydrogen-bond donors (Lipinski definition) is 1. The van der Waals surface area contributed by atoms with Crippen molar-refractivity contribution in [3.63, 3.8) is 0 Å². The number of rotatable bonds is 4. The lowest BCUT2D eigenvalue weighted by Gasteiger charge is -2.21. The minimum atomic E-state index is -0.250. The lowest BCUT2D eigenvalue weighted by molar-refractivity contribution is -0.122. The fraction of sp³-hybridized carbons (Fsp3) is 0.286. The highest BCUT2D eigenvalue weighted by Crippen LogP contribution is 2.14. The van der Waals surface area contributed by atoms with Gasteiger partial charge in [0, 0.05) is 50.8 Å². The van der Waals surface area contributed by atoms with Crippen molar-refractivity contribution >= 4 is 12.4 Å². The molecule has 8 heteroatoms. The van der Waals surface area contributed by atoms with E-state index in [1.54, 1.807) is 24.9 Å². The molecular formula is C21H24N4O4. The molecule has 1 fully saturated rings. The van der Waals surface area contributed by atoms with Gasteiger partial charge in [-0.2, -0.15) is 0 Å². The fourth-order valence-electron chi connectivity index (χ4n) is 3.34. The van der Waals surface area contributed by atoms with Gasteiger partial charge >= 0.3 is 0 Å². The van der Waals surface area contributed by atoms with Gasteiger partial charge in [0.1, 0.15) is 6.26 Å². The maximum Gasteiger partial charge on any atom is 0.290 e. The van der Waals surface area contributed by atoms with Gasteiger partial charge in [0.05, 0.1) is 18.2 Å². The van der Waals surface area contributed by atoms with Crippen LogP contribution in [0.1, 0.15) is 22.3 Å². The Bertz CT molecular complexity index is 876. The number of carbonyl (C=O) groups excluding carboxylic acids is 1. The second-order valence-corrected chi connectivity index (χ2v) is 6.68. The summed E-state index contributed by atoms with van der Waals surface area (Å²) < 4.78 is 7.03. The van der Waals surface area contributed by atoms with Crippen LogP contribution in [0.5, 0.6) is 0 Å². The van der Waals surface area contributed by atoms with E-state index in [4.69, 9.17) is 14.3 Å². The highest BCUT2D eigenvalue weighted by Gasteiger charge is 2.21. The minimum Gasteiger partial charge on any atom is -0.483 e. The standard InChI is InChI=1S/C20H22N4O2.CH2O2/c25-20(18-6-13-26-15-18)23-9-1-8-22(11-12-23)14-17-2-4-19(5-3-17)24-10-7-21-16-24;2-1-3/h2-7,10,13,15-16H,1,8-9,11-12,14H2;1H,(H,2,3). The van der Waals surface area contributed by atoms with Crippen LogP contribution in [0.4, 0.5) is 0 Å². The van der Waals surface area contributed by atoms with E-state index in [0.29, 0.717) is 5.56 Å². The smallest absolute Gasteiger partial charge is 0.290 e. The summed E-state index contributed by atoms with van der Waals surface area (Å²) in [6.07, 6.45) is 9.57. The second-order valence-electron chi connectivity index (χ2n) is 6.68. The molecule has 0 bridgehead atoms. The number of benzene rings is 1. The number of imidazole rings is 1. The van der Waals surface area contributed by atoms with Gasteiger partial charge in [-0.15, -0.1) is 0 Å². The lowest BCUT2D eigenvalue weighted by atomic mass is 10.2. The Morgan fingerprint density at radius 1 is 1.14 bits per heavy atom. The average Bonchev–Trinajstić information content (AvgIpc) is 3.41. The number of carbonyl (C=O) groups is 2. The van der Waals surface area contributed by atoms with Crippen LogP contribution in [-0.2, 0) is 11.3 Å². The van der Waals surface area contributed by atoms with Crippen LogP contribution in [0.2, 0.25) is 0 Å². The van der Waals surface area contributed by atoms with Crippen LogP contribution in [0.25, 0.3) is 5.69 Å². The first-order valence-electron chi connectivity index (χ1n) is 9.40. The molecule has 0 aliphatic carbocycles. The van der Waals surface area contributed by atoms with Crippen molar-refractivity contribution in [2.45, 2.75) is 13.0 Å². The molecular weight excluding hydrogens is 372 g/mol. The number of furan rings is 1. The molecule has 3 heterocycles. The van der Waals surface area contributed by atoms with Crippen LogP contribution < -0.4 is 0 Å². The van der Waals surface area contributed by atoms with Gasteiger partial charge in [-0.3, -0.25) is 14.5 Å². The molecule has 4 rings (SSSR count). The molecule has 1 aliphatic rings. The highest BCUT2D eigenvalue weighted by atomic mass is 16.3. The van der Waals surface area contributed by atoms with Crippen LogP contribution in [0.3, 0.4) is 0 Å². The largest absolute Gasteiger partial charge is 0.483 e. The third-order valence-electron chi connectivity index (χ3n) is 4.79. The van der Waals surface area contributed by atoms with Crippen molar-refractivity contribution < 1.29 is 19.1 Å². The quantitative estimate of drug-likeness (QED) is 0.682. The molecule has 2 aromatic heterocycles. The number of hydrogen-bond acceptors (Lipinski definition) is 5. The maximum atomic E-state index is 12.5. The van der Waals surface area contributed by atoms with Crippen molar-refractivity contribution in [1.29, 1.82) is 0 Å². The Morgan fingerprint density at radius 3 is 2.59 bits per heavy atom. The number of amides is 1. The Labute approximate surface area is 169 Å². The normalized spacial score (nSPS) is 14.6. The SMILES string of the molecule is O=C(c1ccoc1)N1CCCN(Cc2ccc(-n3ccnc3)cc2)CC1.O=CO. The Balaban J connectivity index is 0.000000755. The maximum absolute atomic E-state index is 12.5. The third kappa shape index (κ3) is 5.55. The minimum absolute atomic E-state index is 0.0604. The number of nitrogens with zero attached hydrogens (tertiary/aromatic N) is 4. The molecule has 8 nitrogen and oxygen atoms in total. The van der Waals surface area contributed by atoms with Crippen LogP contribution >= 0.6 is 0 Å². The first-order valence-corrected chi connectivity index (χ1v) is 9.40. The fourth-order valence-corrected chi connectivity index (χ4v) is 3.34. The van der Waals surface area contributed by atoms with Crippen molar-refractivity contribution in [2.75, 3.05) is 26.2 Å². The first kappa shape index (κ1) is 20.3. The molecule has 0 radical (unpaired) electrons. The topological polar surface area (TPSA) is 91.8 Å². The molecule has 1 aliphatic heterocycles. The Morgan fingerprint density at radius 2 is 1.93 bits per heavy atom. The Hall–Kier alpha value is -3.39. The van der Waals surface area contributed by atoms with Crippen molar-refractivity contribution in [3.05, 3.63) is 72.7 Å². The highest BCUT2D eigenvalue weighted by molar-refractivity contribution is 5.93. The van der Waals surface area contributed by atoms with Gasteiger partial charge in [-0.1, -0.05) is 12.1 Å². The van der Waals surface area contributed by atoms with Gasteiger partial charge in [0.15, 0.2) is 0 Å². The van der Waals surface area contributed by atoms with E-state index in [9.17, 15) is 4.79 Å². The van der Waals surface area contributed by atoms with E-state index < -0.39 is 0 Å². The number of aromatic nitrogens is 2. The lowest BCUT2D eigenvalue weighted by Crippen LogP contribution is -2.34. The molecule has 0 spiro atoms. The van der Waals surface area contributed by atoms with Gasteiger partial charge in [0.2, 0.25) is 0 Å². The van der Waals surface area contributed by atoms with E-state index in [-0.39, 0.29) is 12.4 Å². The van der Waals surface area contributed by atoms with Crippen molar-refractivity contribution in [2.24, 2.45) is 0 Å². The molecule has 0 saturated carbocycles. The van der Waals surface area contributed by atoms with Gasteiger partial charge in [-0.05, 0) is 30.2 Å². The zero-order chi connectivity index (χ0) is 20.5. The van der Waals surface area contributed by atoms with E-state index in [1.807, 2.05) is 15.7 Å². The van der Waals surface area contributed by atoms with Crippen LogP contribution in [0, 0.1) is 0 Å². The van der Waals surface area contributed by atoms with Crippen molar-refractivity contribution in [1.82, 2.24) is 19.4 Å². The zero-order valence-corrected chi connectivity index (χ0v) is 16.1. The van der Waals surface area contributed by atoms with E-state index in [1.165, 1.54) is 11.8 Å². The Kier molecular flexibility index (Phi) is 7.18. The second kappa shape index (κ2) is 10.2. The summed E-state index contributed by atoms with van der Waals surface area (Å²) in [4.78, 5) is 29.2. The summed E-state index contributed by atoms with van der Waals surface area (Å²) in [5.74, 6) is 0.0604. The van der Waals surface area contributed by atoms with E-state index >= 15 is 0 Å². The molecule has 1 aromatic carbocycles. The molecule has 3 aromatic rings. The molecule has 1 saturated heterocycles. The average molecular weight is 396 g/mol. The molecule has 152 valence electrons. The predicted molar refractivity (Wildman–Crippen MR) is 107 cm³/mol. The monoisotopic (exact) mass is 396 g/mol. The summed E-state index contributed by atoms with van der Waals surface area (Å²) >= 11 is 0. The molecule has 1 N–H and O–H groups in total. The summed E-state index contributed by atoms with van der Waals surface area (Å²) in [7, 11) is 0. The third-order valence-corrected chi connectivity index (χ3v) is 4.79. The molecule has 0 atom stereocenters. The van der Waals surface area contributed by atoms with Crippen molar-refractivity contribution in [3.8, 4) is 5.69 Å². The molecule has 29 heavy (non-hydrogen) atoms. The van der Waals surface area contributed by atoms with Gasteiger partial charge in [-0.25, -0.2) is 4.98 Å². The van der Waals surface area contributed by atoms with E-state index in [2.05, 4.69) is 34.1 Å². The molecule has 1 amide bonds. The zero-order valence-electron chi connectivity index (χ0n) is 16.1. The predicted octanol–water partition coefficient (Wildman–Crippen LogP) is 2.51. The summed E-state index contributed by atoms with van der Waals surface area (Å²) in [6, 6.07) is 10.3. The summed E-state index contributed by atoms with van der Waals surface area (Å²) in [5, 5.41) is 6.89. The first-order chi connectivity index (χ1) is 14.2. The van der Waals surface area contributed by atoms with Gasteiger partial charge < -0.3 is 19.0 Å². The van der Waals surface area contributed by atoms with Gasteiger partial charge in [0.25, 0.3) is 12.4 Å². The number of carboxylic acid groups (broad SMARTS) is 1. The van der Waals surface area contributed by atoms with E-state index in [0.717, 1.165) is 44.8 Å². The summed E-state index contributed by atoms with van der Waals surface area (Å²) in [5.41, 5.74) is 3.02. The molecule has 0 unspecified atom stereocenters. The van der Waals surface area contributed by atoms with Crippen LogP contribution in [0.15, 0.2) is 66.0 Å². The summed E-state index contributed by atoms with van der Waals surface area (Å²) in [6.45, 7) is 4.07. The van der Waals surface area contributed by atoms with Crippen LogP contribution in [-0.4, -0.2) is 63.0 Å².